The lowest BCUT2D eigenvalue weighted by molar-refractivity contribution is -0.147. The Balaban J connectivity index is 2.35. The molecule has 1 amide bonds. The smallest absolute Gasteiger partial charge is 0.311 e. The second kappa shape index (κ2) is 6.18. The first-order chi connectivity index (χ1) is 10.7. The molecular formula is C17H24N2O4. The standard InChI is InChI=1S/C17H24N2O4/c1-5-6-12-13(11(3)20)10(2)18-14(12)15(21)19-8-7-17(4,9-19)16(22)23/h18H,5-9H2,1-4H3,(H,22,23). The second-order valence-corrected chi connectivity index (χ2v) is 6.63. The quantitative estimate of drug-likeness (QED) is 0.815. The highest BCUT2D eigenvalue weighted by atomic mass is 16.4. The van der Waals surface area contributed by atoms with Crippen molar-refractivity contribution in [3.8, 4) is 0 Å². The molecule has 0 spiro atoms. The molecule has 1 saturated heterocycles. The van der Waals surface area contributed by atoms with Gasteiger partial charge in [0, 0.05) is 24.3 Å². The van der Waals surface area contributed by atoms with Crippen molar-refractivity contribution in [2.45, 2.75) is 47.0 Å². The van der Waals surface area contributed by atoms with Crippen LogP contribution in [-0.4, -0.2) is 45.7 Å². The predicted octanol–water partition coefficient (Wildman–Crippen LogP) is 2.42. The van der Waals surface area contributed by atoms with Gasteiger partial charge in [0.2, 0.25) is 0 Å². The number of aromatic nitrogens is 1. The Morgan fingerprint density at radius 3 is 2.48 bits per heavy atom. The Morgan fingerprint density at radius 1 is 1.35 bits per heavy atom. The zero-order chi connectivity index (χ0) is 17.4. The van der Waals surface area contributed by atoms with Crippen LogP contribution in [0.25, 0.3) is 0 Å². The summed E-state index contributed by atoms with van der Waals surface area (Å²) in [6.45, 7) is 7.56. The molecule has 1 aromatic heterocycles. The van der Waals surface area contributed by atoms with Crippen LogP contribution in [0.15, 0.2) is 0 Å². The van der Waals surface area contributed by atoms with Gasteiger partial charge >= 0.3 is 5.97 Å². The van der Waals surface area contributed by atoms with E-state index in [2.05, 4.69) is 4.98 Å². The maximum absolute atomic E-state index is 12.8. The lowest BCUT2D eigenvalue weighted by Gasteiger charge is -2.20. The van der Waals surface area contributed by atoms with Crippen LogP contribution in [0.4, 0.5) is 0 Å². The molecule has 2 N–H and O–H groups in total. The van der Waals surface area contributed by atoms with Crippen molar-refractivity contribution in [1.29, 1.82) is 0 Å². The minimum absolute atomic E-state index is 0.0574. The van der Waals surface area contributed by atoms with Crippen molar-refractivity contribution in [3.63, 3.8) is 0 Å². The topological polar surface area (TPSA) is 90.5 Å². The number of carboxylic acid groups (broad SMARTS) is 1. The SMILES string of the molecule is CCCc1c(C(=O)N2CCC(C)(C(=O)O)C2)[nH]c(C)c1C(C)=O. The number of likely N-dealkylation sites (tertiary alicyclic amines) is 1. The van der Waals surface area contributed by atoms with Crippen LogP contribution < -0.4 is 0 Å². The van der Waals surface area contributed by atoms with E-state index in [0.29, 0.717) is 36.3 Å². The number of nitrogens with one attached hydrogen (secondary N) is 1. The molecule has 1 fully saturated rings. The molecule has 0 aromatic carbocycles. The number of aromatic amines is 1. The fourth-order valence-electron chi connectivity index (χ4n) is 3.30. The summed E-state index contributed by atoms with van der Waals surface area (Å²) in [6, 6.07) is 0. The Bertz CT molecular complexity index is 662. The van der Waals surface area contributed by atoms with Gasteiger partial charge in [0.15, 0.2) is 5.78 Å². The number of rotatable bonds is 5. The number of ketones is 1. The lowest BCUT2D eigenvalue weighted by Crippen LogP contribution is -2.35. The van der Waals surface area contributed by atoms with Crippen LogP contribution in [0, 0.1) is 12.3 Å². The number of Topliss-reactive ketones (excluding diaryl/α,β-unsaturated/α-hetero) is 1. The molecule has 6 nitrogen and oxygen atoms in total. The Morgan fingerprint density at radius 2 is 2.00 bits per heavy atom. The first-order valence-corrected chi connectivity index (χ1v) is 7.96. The maximum Gasteiger partial charge on any atom is 0.311 e. The molecule has 1 aliphatic rings. The van der Waals surface area contributed by atoms with Crippen molar-refractivity contribution in [3.05, 3.63) is 22.5 Å². The van der Waals surface area contributed by atoms with Gasteiger partial charge in [0.05, 0.1) is 5.41 Å². The summed E-state index contributed by atoms with van der Waals surface area (Å²) in [7, 11) is 0. The Hall–Kier alpha value is -2.11. The fraction of sp³-hybridized carbons (Fsp3) is 0.588. The van der Waals surface area contributed by atoms with Crippen LogP contribution in [0.1, 0.15) is 65.7 Å². The van der Waals surface area contributed by atoms with Crippen molar-refractivity contribution < 1.29 is 19.5 Å². The molecule has 1 unspecified atom stereocenters. The van der Waals surface area contributed by atoms with Gasteiger partial charge in [0.25, 0.3) is 5.91 Å². The number of carboxylic acids is 1. The van der Waals surface area contributed by atoms with Gasteiger partial charge in [-0.15, -0.1) is 0 Å². The number of aliphatic carboxylic acids is 1. The number of H-pyrrole nitrogens is 1. The Labute approximate surface area is 135 Å². The van der Waals surface area contributed by atoms with Gasteiger partial charge < -0.3 is 15.0 Å². The van der Waals surface area contributed by atoms with Crippen molar-refractivity contribution in [2.24, 2.45) is 5.41 Å². The van der Waals surface area contributed by atoms with E-state index in [1.165, 1.54) is 6.92 Å². The van der Waals surface area contributed by atoms with Gasteiger partial charge in [-0.25, -0.2) is 0 Å². The van der Waals surface area contributed by atoms with Crippen molar-refractivity contribution in [2.75, 3.05) is 13.1 Å². The number of nitrogens with zero attached hydrogens (tertiary/aromatic N) is 1. The molecule has 0 radical (unpaired) electrons. The minimum atomic E-state index is -0.897. The third-order valence-electron chi connectivity index (χ3n) is 4.63. The molecule has 23 heavy (non-hydrogen) atoms. The van der Waals surface area contributed by atoms with Crippen LogP contribution in [0.3, 0.4) is 0 Å². The summed E-state index contributed by atoms with van der Waals surface area (Å²) in [4.78, 5) is 40.7. The summed E-state index contributed by atoms with van der Waals surface area (Å²) in [5.41, 5.74) is 1.58. The van der Waals surface area contributed by atoms with E-state index in [4.69, 9.17) is 0 Å². The predicted molar refractivity (Wildman–Crippen MR) is 85.8 cm³/mol. The number of hydrogen-bond acceptors (Lipinski definition) is 3. The van der Waals surface area contributed by atoms with Crippen LogP contribution >= 0.6 is 0 Å². The van der Waals surface area contributed by atoms with Crippen molar-refractivity contribution in [1.82, 2.24) is 9.88 Å². The third kappa shape index (κ3) is 3.02. The van der Waals surface area contributed by atoms with Crippen molar-refractivity contribution >= 4 is 17.7 Å². The summed E-state index contributed by atoms with van der Waals surface area (Å²) in [5, 5.41) is 9.31. The summed E-state index contributed by atoms with van der Waals surface area (Å²) in [6.07, 6.45) is 1.91. The molecule has 2 heterocycles. The summed E-state index contributed by atoms with van der Waals surface area (Å²) >= 11 is 0. The molecule has 0 bridgehead atoms. The van der Waals surface area contributed by atoms with Gasteiger partial charge in [-0.3, -0.25) is 14.4 Å². The van der Waals surface area contributed by atoms with Crippen LogP contribution in [-0.2, 0) is 11.2 Å². The molecular weight excluding hydrogens is 296 g/mol. The highest BCUT2D eigenvalue weighted by Crippen LogP contribution is 2.32. The maximum atomic E-state index is 12.8. The number of hydrogen-bond donors (Lipinski definition) is 2. The first-order valence-electron chi connectivity index (χ1n) is 7.96. The average Bonchev–Trinajstić information content (AvgIpc) is 3.01. The number of aryl methyl sites for hydroxylation is 1. The van der Waals surface area contributed by atoms with Gasteiger partial charge in [-0.05, 0) is 39.2 Å². The fourth-order valence-corrected chi connectivity index (χ4v) is 3.30. The molecule has 126 valence electrons. The van der Waals surface area contributed by atoms with Gasteiger partial charge in [-0.2, -0.15) is 0 Å². The van der Waals surface area contributed by atoms with E-state index in [1.54, 1.807) is 18.7 Å². The molecule has 1 aliphatic heterocycles. The number of carbonyl (C=O) groups excluding carboxylic acids is 2. The highest BCUT2D eigenvalue weighted by Gasteiger charge is 2.43. The lowest BCUT2D eigenvalue weighted by atomic mass is 9.90. The molecule has 1 atom stereocenters. The Kier molecular flexibility index (Phi) is 4.63. The van der Waals surface area contributed by atoms with E-state index in [9.17, 15) is 19.5 Å². The molecule has 0 aliphatic carbocycles. The van der Waals surface area contributed by atoms with Gasteiger partial charge in [-0.1, -0.05) is 13.3 Å². The number of carbonyl (C=O) groups is 3. The zero-order valence-corrected chi connectivity index (χ0v) is 14.2. The molecule has 0 saturated carbocycles. The van der Waals surface area contributed by atoms with E-state index < -0.39 is 11.4 Å². The molecule has 1 aromatic rings. The van der Waals surface area contributed by atoms with Gasteiger partial charge in [0.1, 0.15) is 5.69 Å². The van der Waals surface area contributed by atoms with E-state index in [-0.39, 0.29) is 18.2 Å². The molecule has 6 heteroatoms. The highest BCUT2D eigenvalue weighted by molar-refractivity contribution is 6.03. The van der Waals surface area contributed by atoms with Crippen LogP contribution in [0.5, 0.6) is 0 Å². The zero-order valence-electron chi connectivity index (χ0n) is 14.2. The largest absolute Gasteiger partial charge is 0.481 e. The van der Waals surface area contributed by atoms with E-state index in [1.807, 2.05) is 6.92 Å². The third-order valence-corrected chi connectivity index (χ3v) is 4.63. The number of amides is 1. The normalized spacial score (nSPS) is 20.8. The van der Waals surface area contributed by atoms with E-state index in [0.717, 1.165) is 12.0 Å². The summed E-state index contributed by atoms with van der Waals surface area (Å²) in [5.74, 6) is -1.15. The van der Waals surface area contributed by atoms with Crippen LogP contribution in [0.2, 0.25) is 0 Å². The van der Waals surface area contributed by atoms with E-state index >= 15 is 0 Å². The summed E-state index contributed by atoms with van der Waals surface area (Å²) < 4.78 is 0. The molecule has 2 rings (SSSR count). The second-order valence-electron chi connectivity index (χ2n) is 6.63. The first kappa shape index (κ1) is 17.2. The monoisotopic (exact) mass is 320 g/mol. The minimum Gasteiger partial charge on any atom is -0.481 e. The average molecular weight is 320 g/mol.